The number of hydrogen-bond acceptors (Lipinski definition) is 3. The second-order valence-electron chi connectivity index (χ2n) is 3.22. The molecule has 0 aliphatic heterocycles. The Hall–Kier alpha value is -1.30. The maximum Gasteiger partial charge on any atom is 0.422 e. The van der Waals surface area contributed by atoms with Gasteiger partial charge in [0.1, 0.15) is 0 Å². The van der Waals surface area contributed by atoms with Crippen LogP contribution in [0.5, 0.6) is 5.88 Å². The number of aryl methyl sites for hydroxylation is 1. The smallest absolute Gasteiger partial charge is 0.422 e. The molecule has 1 heterocycles. The van der Waals surface area contributed by atoms with Gasteiger partial charge in [-0.3, -0.25) is 0 Å². The molecule has 3 nitrogen and oxygen atoms in total. The fraction of sp³-hybridized carbons (Fsp3) is 0.500. The predicted octanol–water partition coefficient (Wildman–Crippen LogP) is 2.08. The molecule has 0 aromatic carbocycles. The van der Waals surface area contributed by atoms with E-state index in [0.29, 0.717) is 17.7 Å². The first-order valence-corrected chi connectivity index (χ1v) is 4.75. The highest BCUT2D eigenvalue weighted by Gasteiger charge is 2.28. The highest BCUT2D eigenvalue weighted by molar-refractivity contribution is 5.24. The molecule has 0 saturated heterocycles. The SMILES string of the molecule is CCc1cc(CO)cc(OCC(F)(F)F)n1. The number of pyridine rings is 1. The Morgan fingerprint density at radius 3 is 2.56 bits per heavy atom. The maximum absolute atomic E-state index is 11.9. The van der Waals surface area contributed by atoms with Gasteiger partial charge in [-0.15, -0.1) is 0 Å². The second kappa shape index (κ2) is 5.16. The number of alkyl halides is 3. The van der Waals surface area contributed by atoms with E-state index in [4.69, 9.17) is 5.11 Å². The molecule has 0 spiro atoms. The Morgan fingerprint density at radius 2 is 2.06 bits per heavy atom. The summed E-state index contributed by atoms with van der Waals surface area (Å²) in [5.41, 5.74) is 1.08. The van der Waals surface area contributed by atoms with Gasteiger partial charge >= 0.3 is 6.18 Å². The first-order chi connectivity index (χ1) is 7.44. The number of halogens is 3. The molecule has 0 radical (unpaired) electrons. The molecule has 0 fully saturated rings. The average Bonchev–Trinajstić information content (AvgIpc) is 2.25. The van der Waals surface area contributed by atoms with Crippen molar-refractivity contribution in [1.29, 1.82) is 0 Å². The molecule has 1 aromatic heterocycles. The van der Waals surface area contributed by atoms with Crippen LogP contribution in [-0.2, 0) is 13.0 Å². The number of hydrogen-bond donors (Lipinski definition) is 1. The zero-order chi connectivity index (χ0) is 12.2. The minimum absolute atomic E-state index is 0.110. The summed E-state index contributed by atoms with van der Waals surface area (Å²) >= 11 is 0. The Morgan fingerprint density at radius 1 is 1.38 bits per heavy atom. The number of aliphatic hydroxyl groups excluding tert-OH is 1. The Labute approximate surface area is 90.9 Å². The summed E-state index contributed by atoms with van der Waals surface area (Å²) in [6.45, 7) is 0.187. The van der Waals surface area contributed by atoms with Crippen LogP contribution in [0.15, 0.2) is 12.1 Å². The zero-order valence-corrected chi connectivity index (χ0v) is 8.71. The molecule has 0 amide bonds. The van der Waals surface area contributed by atoms with E-state index in [9.17, 15) is 13.2 Å². The van der Waals surface area contributed by atoms with Crippen LogP contribution in [0, 0.1) is 0 Å². The number of rotatable bonds is 4. The van der Waals surface area contributed by atoms with E-state index in [2.05, 4.69) is 9.72 Å². The second-order valence-corrected chi connectivity index (χ2v) is 3.22. The van der Waals surface area contributed by atoms with Gasteiger partial charge in [0, 0.05) is 11.8 Å². The van der Waals surface area contributed by atoms with Gasteiger partial charge < -0.3 is 9.84 Å². The van der Waals surface area contributed by atoms with E-state index in [0.717, 1.165) is 0 Å². The lowest BCUT2D eigenvalue weighted by Gasteiger charge is -2.10. The van der Waals surface area contributed by atoms with Crippen molar-refractivity contribution in [2.24, 2.45) is 0 Å². The lowest BCUT2D eigenvalue weighted by atomic mass is 10.2. The molecule has 0 bridgehead atoms. The third-order valence-corrected chi connectivity index (χ3v) is 1.84. The van der Waals surface area contributed by atoms with Crippen LogP contribution < -0.4 is 4.74 Å². The highest BCUT2D eigenvalue weighted by atomic mass is 19.4. The van der Waals surface area contributed by atoms with Crippen LogP contribution >= 0.6 is 0 Å². The lowest BCUT2D eigenvalue weighted by molar-refractivity contribution is -0.154. The molecular formula is C10H12F3NO2. The van der Waals surface area contributed by atoms with Crippen molar-refractivity contribution < 1.29 is 23.0 Å². The molecule has 0 aliphatic rings. The topological polar surface area (TPSA) is 42.4 Å². The number of nitrogens with zero attached hydrogens (tertiary/aromatic N) is 1. The van der Waals surface area contributed by atoms with Gasteiger partial charge in [0.2, 0.25) is 5.88 Å². The average molecular weight is 235 g/mol. The Bertz CT molecular complexity index is 330. The summed E-state index contributed by atoms with van der Waals surface area (Å²) in [6.07, 6.45) is -3.82. The van der Waals surface area contributed by atoms with Crippen LogP contribution in [0.3, 0.4) is 0 Å². The summed E-state index contributed by atoms with van der Waals surface area (Å²) in [6, 6.07) is 2.92. The number of aromatic nitrogens is 1. The first-order valence-electron chi connectivity index (χ1n) is 4.75. The van der Waals surface area contributed by atoms with E-state index in [1.54, 1.807) is 6.07 Å². The van der Waals surface area contributed by atoms with Gasteiger partial charge in [0.25, 0.3) is 0 Å². The molecule has 90 valence electrons. The quantitative estimate of drug-likeness (QED) is 0.868. The van der Waals surface area contributed by atoms with Crippen LogP contribution in [-0.4, -0.2) is 22.9 Å². The van der Waals surface area contributed by atoms with E-state index >= 15 is 0 Å². The van der Waals surface area contributed by atoms with Gasteiger partial charge in [0.05, 0.1) is 6.61 Å². The highest BCUT2D eigenvalue weighted by Crippen LogP contribution is 2.18. The predicted molar refractivity (Wildman–Crippen MR) is 51.1 cm³/mol. The fourth-order valence-corrected chi connectivity index (χ4v) is 1.12. The normalized spacial score (nSPS) is 11.6. The van der Waals surface area contributed by atoms with E-state index < -0.39 is 12.8 Å². The van der Waals surface area contributed by atoms with Crippen LogP contribution in [0.1, 0.15) is 18.2 Å². The van der Waals surface area contributed by atoms with Crippen molar-refractivity contribution in [3.63, 3.8) is 0 Å². The molecule has 0 unspecified atom stereocenters. The minimum Gasteiger partial charge on any atom is -0.468 e. The molecule has 1 rings (SSSR count). The fourth-order valence-electron chi connectivity index (χ4n) is 1.12. The van der Waals surface area contributed by atoms with Gasteiger partial charge in [-0.25, -0.2) is 4.98 Å². The van der Waals surface area contributed by atoms with E-state index in [1.165, 1.54) is 6.07 Å². The van der Waals surface area contributed by atoms with E-state index in [1.807, 2.05) is 6.92 Å². The number of ether oxygens (including phenoxy) is 1. The molecule has 0 aliphatic carbocycles. The van der Waals surface area contributed by atoms with Gasteiger partial charge in [-0.1, -0.05) is 6.92 Å². The third kappa shape index (κ3) is 4.06. The van der Waals surface area contributed by atoms with Crippen LogP contribution in [0.4, 0.5) is 13.2 Å². The first kappa shape index (κ1) is 12.8. The molecule has 1 N–H and O–H groups in total. The van der Waals surface area contributed by atoms with Crippen molar-refractivity contribution in [3.05, 3.63) is 23.4 Å². The summed E-state index contributed by atoms with van der Waals surface area (Å²) in [7, 11) is 0. The van der Waals surface area contributed by atoms with Crippen molar-refractivity contribution in [2.75, 3.05) is 6.61 Å². The molecule has 0 atom stereocenters. The third-order valence-electron chi connectivity index (χ3n) is 1.84. The summed E-state index contributed by atoms with van der Waals surface area (Å²) in [5, 5.41) is 8.90. The van der Waals surface area contributed by atoms with Crippen molar-refractivity contribution >= 4 is 0 Å². The zero-order valence-electron chi connectivity index (χ0n) is 8.71. The van der Waals surface area contributed by atoms with Gasteiger partial charge in [0.15, 0.2) is 6.61 Å². The van der Waals surface area contributed by atoms with Gasteiger partial charge in [-0.2, -0.15) is 13.2 Å². The van der Waals surface area contributed by atoms with Crippen molar-refractivity contribution in [3.8, 4) is 5.88 Å². The summed E-state index contributed by atoms with van der Waals surface area (Å²) in [5.74, 6) is -0.110. The summed E-state index contributed by atoms with van der Waals surface area (Å²) in [4.78, 5) is 3.87. The Kier molecular flexibility index (Phi) is 4.12. The van der Waals surface area contributed by atoms with Crippen LogP contribution in [0.2, 0.25) is 0 Å². The van der Waals surface area contributed by atoms with Crippen molar-refractivity contribution in [1.82, 2.24) is 4.98 Å². The molecule has 16 heavy (non-hydrogen) atoms. The van der Waals surface area contributed by atoms with Crippen LogP contribution in [0.25, 0.3) is 0 Å². The van der Waals surface area contributed by atoms with Crippen molar-refractivity contribution in [2.45, 2.75) is 26.1 Å². The monoisotopic (exact) mass is 235 g/mol. The minimum atomic E-state index is -4.39. The van der Waals surface area contributed by atoms with E-state index in [-0.39, 0.29) is 12.5 Å². The lowest BCUT2D eigenvalue weighted by Crippen LogP contribution is -2.19. The summed E-state index contributed by atoms with van der Waals surface area (Å²) < 4.78 is 40.2. The maximum atomic E-state index is 11.9. The largest absolute Gasteiger partial charge is 0.468 e. The molecule has 0 saturated carbocycles. The molecule has 6 heteroatoms. The standard InChI is InChI=1S/C10H12F3NO2/c1-2-8-3-7(5-15)4-9(14-8)16-6-10(11,12)13/h3-4,15H,2,5-6H2,1H3. The molecular weight excluding hydrogens is 223 g/mol. The number of aliphatic hydroxyl groups is 1. The van der Waals surface area contributed by atoms with Gasteiger partial charge in [-0.05, 0) is 18.1 Å². The molecule has 1 aromatic rings. The Balaban J connectivity index is 2.79.